The molecule has 2 rings (SSSR count). The number of hydrogen-bond donors (Lipinski definition) is 0. The first-order valence-corrected chi connectivity index (χ1v) is 8.55. The van der Waals surface area contributed by atoms with Crippen LogP contribution in [0.5, 0.6) is 0 Å². The van der Waals surface area contributed by atoms with Gasteiger partial charge in [-0.15, -0.1) is 11.6 Å². The lowest BCUT2D eigenvalue weighted by Gasteiger charge is -2.34. The quantitative estimate of drug-likeness (QED) is 0.515. The average molecular weight is 458 g/mol. The topological polar surface area (TPSA) is 23.6 Å². The van der Waals surface area contributed by atoms with Crippen LogP contribution in [0.4, 0.5) is 0 Å². The Morgan fingerprint density at radius 3 is 2.63 bits per heavy atom. The molecule has 1 saturated heterocycles. The van der Waals surface area contributed by atoms with E-state index in [2.05, 4.69) is 43.4 Å². The van der Waals surface area contributed by atoms with Gasteiger partial charge in [0.1, 0.15) is 0 Å². The molecule has 1 aromatic carbocycles. The smallest absolute Gasteiger partial charge is 0.255 e. The average Bonchev–Trinajstić information content (AvgIpc) is 2.42. The highest BCUT2D eigenvalue weighted by Gasteiger charge is 2.23. The summed E-state index contributed by atoms with van der Waals surface area (Å²) >= 11 is 11.4. The van der Waals surface area contributed by atoms with E-state index < -0.39 is 0 Å². The third kappa shape index (κ3) is 4.06. The van der Waals surface area contributed by atoms with E-state index in [9.17, 15) is 4.79 Å². The molecular formula is C13H15BrClIN2O. The van der Waals surface area contributed by atoms with Crippen LogP contribution in [-0.4, -0.2) is 54.3 Å². The fourth-order valence-electron chi connectivity index (χ4n) is 2.13. The highest BCUT2D eigenvalue weighted by Crippen LogP contribution is 2.20. The van der Waals surface area contributed by atoms with E-state index in [1.54, 1.807) is 0 Å². The minimum Gasteiger partial charge on any atom is -0.336 e. The number of nitrogens with zero attached hydrogens (tertiary/aromatic N) is 2. The summed E-state index contributed by atoms with van der Waals surface area (Å²) in [5.74, 6) is 0.772. The molecule has 1 aliphatic rings. The van der Waals surface area contributed by atoms with Crippen molar-refractivity contribution >= 4 is 56.0 Å². The maximum Gasteiger partial charge on any atom is 0.255 e. The SMILES string of the molecule is O=C(c1cc(Br)ccc1I)N1CCN(CCCl)CC1. The van der Waals surface area contributed by atoms with Crippen molar-refractivity contribution in [1.82, 2.24) is 9.80 Å². The van der Waals surface area contributed by atoms with Gasteiger partial charge < -0.3 is 4.90 Å². The summed E-state index contributed by atoms with van der Waals surface area (Å²) in [6.07, 6.45) is 0. The van der Waals surface area contributed by atoms with Crippen LogP contribution in [-0.2, 0) is 0 Å². The van der Waals surface area contributed by atoms with Gasteiger partial charge in [-0.1, -0.05) is 15.9 Å². The highest BCUT2D eigenvalue weighted by atomic mass is 127. The Morgan fingerprint density at radius 2 is 2.00 bits per heavy atom. The molecule has 1 aliphatic heterocycles. The second-order valence-corrected chi connectivity index (χ2v) is 6.90. The lowest BCUT2D eigenvalue weighted by Crippen LogP contribution is -2.49. The van der Waals surface area contributed by atoms with Crippen LogP contribution in [0.1, 0.15) is 10.4 Å². The van der Waals surface area contributed by atoms with Crippen molar-refractivity contribution in [3.05, 3.63) is 31.8 Å². The van der Waals surface area contributed by atoms with E-state index in [-0.39, 0.29) is 5.91 Å². The highest BCUT2D eigenvalue weighted by molar-refractivity contribution is 14.1. The first kappa shape index (κ1) is 15.5. The van der Waals surface area contributed by atoms with Crippen LogP contribution in [0.3, 0.4) is 0 Å². The molecular weight excluding hydrogens is 442 g/mol. The number of benzene rings is 1. The van der Waals surface area contributed by atoms with Crippen molar-refractivity contribution in [3.8, 4) is 0 Å². The number of carbonyl (C=O) groups is 1. The fourth-order valence-corrected chi connectivity index (χ4v) is 3.29. The Morgan fingerprint density at radius 1 is 1.32 bits per heavy atom. The molecule has 0 spiro atoms. The third-order valence-electron chi connectivity index (χ3n) is 3.22. The van der Waals surface area contributed by atoms with E-state index in [1.165, 1.54) is 0 Å². The molecule has 1 heterocycles. The molecule has 0 radical (unpaired) electrons. The third-order valence-corrected chi connectivity index (χ3v) is 4.82. The number of rotatable bonds is 3. The minimum absolute atomic E-state index is 0.122. The molecule has 1 aromatic rings. The normalized spacial score (nSPS) is 16.7. The Labute approximate surface area is 140 Å². The second-order valence-electron chi connectivity index (χ2n) is 4.45. The van der Waals surface area contributed by atoms with Gasteiger partial charge in [0.25, 0.3) is 5.91 Å². The van der Waals surface area contributed by atoms with Crippen molar-refractivity contribution in [2.75, 3.05) is 38.6 Å². The van der Waals surface area contributed by atoms with Gasteiger partial charge in [0.2, 0.25) is 0 Å². The first-order valence-electron chi connectivity index (χ1n) is 6.14. The first-order chi connectivity index (χ1) is 9.11. The van der Waals surface area contributed by atoms with Crippen molar-refractivity contribution < 1.29 is 4.79 Å². The zero-order valence-electron chi connectivity index (χ0n) is 10.4. The molecule has 0 aromatic heterocycles. The lowest BCUT2D eigenvalue weighted by atomic mass is 10.2. The Bertz CT molecular complexity index is 464. The van der Waals surface area contributed by atoms with Gasteiger partial charge in [0.05, 0.1) is 5.56 Å². The predicted octanol–water partition coefficient (Wildman–Crippen LogP) is 3.05. The molecule has 0 bridgehead atoms. The molecule has 0 saturated carbocycles. The second kappa shape index (κ2) is 7.24. The van der Waals surface area contributed by atoms with E-state index in [0.29, 0.717) is 5.88 Å². The summed E-state index contributed by atoms with van der Waals surface area (Å²) in [5.41, 5.74) is 0.778. The largest absolute Gasteiger partial charge is 0.336 e. The minimum atomic E-state index is 0.122. The van der Waals surface area contributed by atoms with Crippen LogP contribution >= 0.6 is 50.1 Å². The van der Waals surface area contributed by atoms with Crippen LogP contribution < -0.4 is 0 Å². The number of alkyl halides is 1. The van der Waals surface area contributed by atoms with Crippen LogP contribution in [0.25, 0.3) is 0 Å². The molecule has 1 fully saturated rings. The summed E-state index contributed by atoms with van der Waals surface area (Å²) in [5, 5.41) is 0. The summed E-state index contributed by atoms with van der Waals surface area (Å²) in [6, 6.07) is 5.81. The lowest BCUT2D eigenvalue weighted by molar-refractivity contribution is 0.0643. The number of hydrogen-bond acceptors (Lipinski definition) is 2. The van der Waals surface area contributed by atoms with E-state index >= 15 is 0 Å². The van der Waals surface area contributed by atoms with Crippen molar-refractivity contribution in [1.29, 1.82) is 0 Å². The van der Waals surface area contributed by atoms with Crippen LogP contribution in [0.15, 0.2) is 22.7 Å². The maximum absolute atomic E-state index is 12.5. The van der Waals surface area contributed by atoms with Gasteiger partial charge in [-0.2, -0.15) is 0 Å². The summed E-state index contributed by atoms with van der Waals surface area (Å²) < 4.78 is 1.94. The van der Waals surface area contributed by atoms with Crippen molar-refractivity contribution in [3.63, 3.8) is 0 Å². The number of amides is 1. The molecule has 0 unspecified atom stereocenters. The molecule has 3 nitrogen and oxygen atoms in total. The summed E-state index contributed by atoms with van der Waals surface area (Å²) in [4.78, 5) is 16.7. The Hall–Kier alpha value is 0.150. The molecule has 104 valence electrons. The molecule has 0 atom stereocenters. The van der Waals surface area contributed by atoms with E-state index in [4.69, 9.17) is 11.6 Å². The predicted molar refractivity (Wildman–Crippen MR) is 89.9 cm³/mol. The van der Waals surface area contributed by atoms with Gasteiger partial charge in [-0.05, 0) is 40.8 Å². The standard InChI is InChI=1S/C13H15BrClIN2O/c14-10-1-2-12(16)11(9-10)13(19)18-7-5-17(4-3-15)6-8-18/h1-2,9H,3-8H2. The molecule has 1 amide bonds. The Kier molecular flexibility index (Phi) is 5.92. The monoisotopic (exact) mass is 456 g/mol. The maximum atomic E-state index is 12.5. The molecule has 0 N–H and O–H groups in total. The van der Waals surface area contributed by atoms with Crippen molar-refractivity contribution in [2.45, 2.75) is 0 Å². The number of halogens is 3. The number of piperazine rings is 1. The zero-order chi connectivity index (χ0) is 13.8. The van der Waals surface area contributed by atoms with E-state index in [1.807, 2.05) is 23.1 Å². The molecule has 6 heteroatoms. The summed E-state index contributed by atoms with van der Waals surface area (Å²) in [6.45, 7) is 4.26. The van der Waals surface area contributed by atoms with Gasteiger partial charge >= 0.3 is 0 Å². The number of carbonyl (C=O) groups excluding carboxylic acids is 1. The molecule has 19 heavy (non-hydrogen) atoms. The van der Waals surface area contributed by atoms with Gasteiger partial charge in [-0.25, -0.2) is 0 Å². The Balaban J connectivity index is 2.03. The van der Waals surface area contributed by atoms with Crippen molar-refractivity contribution in [2.24, 2.45) is 0 Å². The van der Waals surface area contributed by atoms with Crippen LogP contribution in [0.2, 0.25) is 0 Å². The van der Waals surface area contributed by atoms with Crippen LogP contribution in [0, 0.1) is 3.57 Å². The van der Waals surface area contributed by atoms with Gasteiger partial charge in [-0.3, -0.25) is 9.69 Å². The van der Waals surface area contributed by atoms with E-state index in [0.717, 1.165) is 46.3 Å². The van der Waals surface area contributed by atoms with Gasteiger partial charge in [0.15, 0.2) is 0 Å². The molecule has 0 aliphatic carbocycles. The fraction of sp³-hybridized carbons (Fsp3) is 0.462. The zero-order valence-corrected chi connectivity index (χ0v) is 14.9. The van der Waals surface area contributed by atoms with Gasteiger partial charge in [0, 0.05) is 46.6 Å². The summed E-state index contributed by atoms with van der Waals surface area (Å²) in [7, 11) is 0.